The molecule has 5 nitrogen and oxygen atoms in total. The van der Waals surface area contributed by atoms with Gasteiger partial charge in [-0.25, -0.2) is 9.78 Å². The molecule has 166 valence electrons. The average Bonchev–Trinajstić information content (AvgIpc) is 2.83. The van der Waals surface area contributed by atoms with Crippen LogP contribution in [0, 0.1) is 20.8 Å². The van der Waals surface area contributed by atoms with E-state index in [1.54, 1.807) is 13.2 Å². The highest BCUT2D eigenvalue weighted by atomic mass is 16.5. The predicted octanol–water partition coefficient (Wildman–Crippen LogP) is 5.88. The fourth-order valence-corrected chi connectivity index (χ4v) is 3.79. The smallest absolute Gasteiger partial charge is 0.339 e. The average molecular weight is 440 g/mol. The van der Waals surface area contributed by atoms with E-state index in [0.717, 1.165) is 33.5 Å². The molecule has 1 aromatic heterocycles. The van der Waals surface area contributed by atoms with Gasteiger partial charge in [0.15, 0.2) is 6.61 Å². The van der Waals surface area contributed by atoms with Crippen molar-refractivity contribution in [1.82, 2.24) is 4.98 Å². The number of esters is 1. The first kappa shape index (κ1) is 22.2. The van der Waals surface area contributed by atoms with Crippen LogP contribution in [0.5, 0.6) is 5.75 Å². The Balaban J connectivity index is 1.68. The van der Waals surface area contributed by atoms with Gasteiger partial charge in [0.2, 0.25) is 5.78 Å². The van der Waals surface area contributed by atoms with Crippen molar-refractivity contribution < 1.29 is 19.1 Å². The molecule has 0 aliphatic carbocycles. The van der Waals surface area contributed by atoms with Crippen LogP contribution in [0.2, 0.25) is 0 Å². The molecule has 33 heavy (non-hydrogen) atoms. The minimum Gasteiger partial charge on any atom is -0.497 e. The number of hydrogen-bond acceptors (Lipinski definition) is 5. The highest BCUT2D eigenvalue weighted by Crippen LogP contribution is 2.28. The topological polar surface area (TPSA) is 65.5 Å². The van der Waals surface area contributed by atoms with Crippen LogP contribution in [-0.2, 0) is 4.74 Å². The number of fused-ring (bicyclic) bond motifs is 1. The molecule has 0 radical (unpaired) electrons. The van der Waals surface area contributed by atoms with Crippen molar-refractivity contribution in [2.75, 3.05) is 13.7 Å². The number of pyridine rings is 1. The van der Waals surface area contributed by atoms with Crippen molar-refractivity contribution in [3.63, 3.8) is 0 Å². The number of para-hydroxylation sites is 1. The number of Topliss-reactive ketones (excluding diaryl/α,β-unsaturated/α-hetero) is 1. The SMILES string of the molecule is COc1ccc(-c2cc(C(=O)OCC(=O)c3cc(C)ccc3C)c3cccc(C)c3n2)cc1. The standard InChI is InChI=1S/C28H25NO4/c1-17-8-9-18(2)23(14-17)26(30)16-33-28(31)24-15-25(20-10-12-21(32-4)13-11-20)29-27-19(3)6-5-7-22(24)27/h5-15H,16H2,1-4H3. The van der Waals surface area contributed by atoms with E-state index >= 15 is 0 Å². The van der Waals surface area contributed by atoms with Crippen LogP contribution in [-0.4, -0.2) is 30.5 Å². The maximum atomic E-state index is 13.1. The van der Waals surface area contributed by atoms with E-state index in [1.165, 1.54) is 0 Å². The quantitative estimate of drug-likeness (QED) is 0.277. The molecule has 1 heterocycles. The maximum Gasteiger partial charge on any atom is 0.339 e. The third-order valence-electron chi connectivity index (χ3n) is 5.67. The van der Waals surface area contributed by atoms with Gasteiger partial charge in [0.05, 0.1) is 23.9 Å². The van der Waals surface area contributed by atoms with E-state index in [-0.39, 0.29) is 12.4 Å². The van der Waals surface area contributed by atoms with Crippen molar-refractivity contribution in [3.8, 4) is 17.0 Å². The van der Waals surface area contributed by atoms with Gasteiger partial charge < -0.3 is 9.47 Å². The van der Waals surface area contributed by atoms with Crippen LogP contribution in [0.4, 0.5) is 0 Å². The van der Waals surface area contributed by atoms with E-state index in [2.05, 4.69) is 0 Å². The number of carbonyl (C=O) groups excluding carboxylic acids is 2. The van der Waals surface area contributed by atoms with Gasteiger partial charge in [-0.15, -0.1) is 0 Å². The summed E-state index contributed by atoms with van der Waals surface area (Å²) < 4.78 is 10.7. The molecule has 0 N–H and O–H groups in total. The zero-order chi connectivity index (χ0) is 23.5. The van der Waals surface area contributed by atoms with Gasteiger partial charge in [-0.05, 0) is 68.3 Å². The first-order valence-corrected chi connectivity index (χ1v) is 10.7. The summed E-state index contributed by atoms with van der Waals surface area (Å²) in [6.07, 6.45) is 0. The van der Waals surface area contributed by atoms with Gasteiger partial charge in [-0.3, -0.25) is 4.79 Å². The third-order valence-corrected chi connectivity index (χ3v) is 5.67. The predicted molar refractivity (Wildman–Crippen MR) is 129 cm³/mol. The van der Waals surface area contributed by atoms with Crippen molar-refractivity contribution in [2.24, 2.45) is 0 Å². The number of nitrogens with zero attached hydrogens (tertiary/aromatic N) is 1. The molecule has 3 aromatic carbocycles. The molecule has 0 saturated carbocycles. The molecule has 4 aromatic rings. The lowest BCUT2D eigenvalue weighted by Gasteiger charge is -2.12. The van der Waals surface area contributed by atoms with Crippen LogP contribution in [0.15, 0.2) is 66.7 Å². The minimum absolute atomic E-state index is 0.227. The number of rotatable bonds is 6. The van der Waals surface area contributed by atoms with Gasteiger partial charge in [0, 0.05) is 16.5 Å². The van der Waals surface area contributed by atoms with E-state index in [4.69, 9.17) is 14.5 Å². The summed E-state index contributed by atoms with van der Waals surface area (Å²) in [6.45, 7) is 5.42. The Hall–Kier alpha value is -3.99. The molecule has 5 heteroatoms. The van der Waals surface area contributed by atoms with Gasteiger partial charge in [-0.1, -0.05) is 35.9 Å². The van der Waals surface area contributed by atoms with Crippen LogP contribution in [0.1, 0.15) is 37.4 Å². The number of aryl methyl sites for hydroxylation is 3. The van der Waals surface area contributed by atoms with E-state index in [1.807, 2.05) is 81.4 Å². The first-order chi connectivity index (χ1) is 15.9. The summed E-state index contributed by atoms with van der Waals surface area (Å²) in [6, 6.07) is 20.5. The maximum absolute atomic E-state index is 13.1. The molecular weight excluding hydrogens is 414 g/mol. The molecule has 4 rings (SSSR count). The number of aromatic nitrogens is 1. The Kier molecular flexibility index (Phi) is 6.22. The van der Waals surface area contributed by atoms with Crippen molar-refractivity contribution in [3.05, 3.63) is 94.5 Å². The first-order valence-electron chi connectivity index (χ1n) is 10.7. The lowest BCUT2D eigenvalue weighted by atomic mass is 10.0. The Bertz CT molecular complexity index is 1360. The van der Waals surface area contributed by atoms with Gasteiger partial charge in [0.25, 0.3) is 0 Å². The summed E-state index contributed by atoms with van der Waals surface area (Å²) in [5.41, 5.74) is 5.94. The van der Waals surface area contributed by atoms with Crippen molar-refractivity contribution in [2.45, 2.75) is 20.8 Å². The molecule has 0 spiro atoms. The van der Waals surface area contributed by atoms with E-state index in [9.17, 15) is 9.59 Å². The molecule has 0 atom stereocenters. The molecule has 0 saturated heterocycles. The second-order valence-corrected chi connectivity index (χ2v) is 8.07. The number of ether oxygens (including phenoxy) is 2. The molecule has 0 amide bonds. The van der Waals surface area contributed by atoms with Crippen LogP contribution < -0.4 is 4.74 Å². The summed E-state index contributed by atoms with van der Waals surface area (Å²) in [5.74, 6) is -0.0452. The fourth-order valence-electron chi connectivity index (χ4n) is 3.79. The largest absolute Gasteiger partial charge is 0.497 e. The summed E-state index contributed by atoms with van der Waals surface area (Å²) >= 11 is 0. The highest BCUT2D eigenvalue weighted by Gasteiger charge is 2.19. The van der Waals surface area contributed by atoms with Gasteiger partial charge in [0.1, 0.15) is 5.75 Å². The lowest BCUT2D eigenvalue weighted by molar-refractivity contribution is 0.0476. The molecule has 0 bridgehead atoms. The van der Waals surface area contributed by atoms with Gasteiger partial charge in [-0.2, -0.15) is 0 Å². The molecule has 0 fully saturated rings. The van der Waals surface area contributed by atoms with Crippen LogP contribution >= 0.6 is 0 Å². The summed E-state index contributed by atoms with van der Waals surface area (Å²) in [4.78, 5) is 30.6. The Morgan fingerprint density at radius 3 is 2.33 bits per heavy atom. The highest BCUT2D eigenvalue weighted by molar-refractivity contribution is 6.07. The number of benzene rings is 3. The number of carbonyl (C=O) groups is 2. The number of methoxy groups -OCH3 is 1. The Morgan fingerprint density at radius 2 is 1.61 bits per heavy atom. The molecular formula is C28H25NO4. The van der Waals surface area contributed by atoms with Crippen molar-refractivity contribution >= 4 is 22.7 Å². The van der Waals surface area contributed by atoms with Crippen molar-refractivity contribution in [1.29, 1.82) is 0 Å². The minimum atomic E-state index is -0.554. The van der Waals surface area contributed by atoms with Crippen LogP contribution in [0.25, 0.3) is 22.2 Å². The van der Waals surface area contributed by atoms with E-state index in [0.29, 0.717) is 22.2 Å². The molecule has 0 aliphatic rings. The zero-order valence-corrected chi connectivity index (χ0v) is 19.1. The second kappa shape index (κ2) is 9.25. The Morgan fingerprint density at radius 1 is 0.848 bits per heavy atom. The summed E-state index contributed by atoms with van der Waals surface area (Å²) in [7, 11) is 1.61. The second-order valence-electron chi connectivity index (χ2n) is 8.07. The third kappa shape index (κ3) is 4.62. The number of hydrogen-bond donors (Lipinski definition) is 0. The lowest BCUT2D eigenvalue weighted by Crippen LogP contribution is -2.16. The van der Waals surface area contributed by atoms with Crippen LogP contribution in [0.3, 0.4) is 0 Å². The summed E-state index contributed by atoms with van der Waals surface area (Å²) in [5, 5.41) is 0.691. The molecule has 0 aliphatic heterocycles. The molecule has 0 unspecified atom stereocenters. The fraction of sp³-hybridized carbons (Fsp3) is 0.179. The Labute approximate surface area is 193 Å². The monoisotopic (exact) mass is 439 g/mol. The number of ketones is 1. The van der Waals surface area contributed by atoms with Gasteiger partial charge >= 0.3 is 5.97 Å². The van der Waals surface area contributed by atoms with E-state index < -0.39 is 5.97 Å². The zero-order valence-electron chi connectivity index (χ0n) is 19.1. The normalized spacial score (nSPS) is 10.8.